The molecule has 1 rings (SSSR count). The lowest BCUT2D eigenvalue weighted by atomic mass is 10.3. The smallest absolute Gasteiger partial charge is 0.0933 e. The summed E-state index contributed by atoms with van der Waals surface area (Å²) in [4.78, 5) is 0. The Morgan fingerprint density at radius 1 is 1.46 bits per heavy atom. The van der Waals surface area contributed by atoms with E-state index in [0.717, 1.165) is 19.5 Å². The molecule has 1 N–H and O–H groups in total. The van der Waals surface area contributed by atoms with Crippen LogP contribution in [0.5, 0.6) is 0 Å². The van der Waals surface area contributed by atoms with Crippen LogP contribution in [0, 0.1) is 11.3 Å². The topological polar surface area (TPSA) is 54.3 Å². The number of hydrogen-bond donors (Lipinski definition) is 1. The van der Waals surface area contributed by atoms with Crippen molar-refractivity contribution in [2.45, 2.75) is 18.9 Å². The molecular formula is C9H16N2O2. The van der Waals surface area contributed by atoms with E-state index in [1.807, 2.05) is 0 Å². The summed E-state index contributed by atoms with van der Waals surface area (Å²) in [5.41, 5.74) is 0. The first-order valence-corrected chi connectivity index (χ1v) is 4.70. The van der Waals surface area contributed by atoms with Crippen molar-refractivity contribution in [3.05, 3.63) is 0 Å². The zero-order chi connectivity index (χ0) is 9.36. The van der Waals surface area contributed by atoms with E-state index in [0.29, 0.717) is 26.2 Å². The summed E-state index contributed by atoms with van der Waals surface area (Å²) < 4.78 is 10.7. The standard InChI is InChI=1S/C9H16N2O2/c10-3-1-2-4-11-7-9-8-12-5-6-13-9/h9,11H,1-2,4-8H2. The highest BCUT2D eigenvalue weighted by Crippen LogP contribution is 1.98. The van der Waals surface area contributed by atoms with E-state index in [-0.39, 0.29) is 6.10 Å². The van der Waals surface area contributed by atoms with Gasteiger partial charge in [0.05, 0.1) is 32.0 Å². The fourth-order valence-corrected chi connectivity index (χ4v) is 1.21. The number of rotatable bonds is 5. The van der Waals surface area contributed by atoms with Gasteiger partial charge in [-0.25, -0.2) is 0 Å². The van der Waals surface area contributed by atoms with Crippen LogP contribution < -0.4 is 5.32 Å². The first-order valence-electron chi connectivity index (χ1n) is 4.70. The predicted molar refractivity (Wildman–Crippen MR) is 48.3 cm³/mol. The lowest BCUT2D eigenvalue weighted by Crippen LogP contribution is -2.37. The summed E-state index contributed by atoms with van der Waals surface area (Å²) in [5.74, 6) is 0. The van der Waals surface area contributed by atoms with Crippen LogP contribution in [-0.4, -0.2) is 39.0 Å². The Balaban J connectivity index is 1.90. The molecule has 0 aliphatic carbocycles. The molecule has 0 aromatic carbocycles. The summed E-state index contributed by atoms with van der Waals surface area (Å²) >= 11 is 0. The summed E-state index contributed by atoms with van der Waals surface area (Å²) in [6.45, 7) is 3.81. The van der Waals surface area contributed by atoms with Gasteiger partial charge in [0.2, 0.25) is 0 Å². The molecule has 1 heterocycles. The van der Waals surface area contributed by atoms with E-state index in [1.54, 1.807) is 0 Å². The Morgan fingerprint density at radius 2 is 2.38 bits per heavy atom. The van der Waals surface area contributed by atoms with E-state index in [4.69, 9.17) is 14.7 Å². The Labute approximate surface area is 78.8 Å². The maximum Gasteiger partial charge on any atom is 0.0933 e. The van der Waals surface area contributed by atoms with Crippen molar-refractivity contribution < 1.29 is 9.47 Å². The van der Waals surface area contributed by atoms with Gasteiger partial charge in [0.1, 0.15) is 0 Å². The van der Waals surface area contributed by atoms with Crippen LogP contribution in [-0.2, 0) is 9.47 Å². The van der Waals surface area contributed by atoms with Crippen molar-refractivity contribution in [2.24, 2.45) is 0 Å². The average Bonchev–Trinajstić information content (AvgIpc) is 2.19. The van der Waals surface area contributed by atoms with Crippen LogP contribution in [0.25, 0.3) is 0 Å². The van der Waals surface area contributed by atoms with E-state index in [2.05, 4.69) is 11.4 Å². The second-order valence-corrected chi connectivity index (χ2v) is 3.03. The molecule has 4 nitrogen and oxygen atoms in total. The minimum atomic E-state index is 0.191. The van der Waals surface area contributed by atoms with Gasteiger partial charge in [0.25, 0.3) is 0 Å². The molecule has 0 amide bonds. The van der Waals surface area contributed by atoms with Crippen LogP contribution in [0.2, 0.25) is 0 Å². The maximum atomic E-state index is 8.29. The molecule has 1 fully saturated rings. The Morgan fingerprint density at radius 3 is 3.08 bits per heavy atom. The van der Waals surface area contributed by atoms with E-state index < -0.39 is 0 Å². The molecule has 13 heavy (non-hydrogen) atoms. The van der Waals surface area contributed by atoms with Crippen LogP contribution in [0.3, 0.4) is 0 Å². The lowest BCUT2D eigenvalue weighted by molar-refractivity contribution is -0.0862. The normalized spacial score (nSPS) is 22.5. The molecule has 0 radical (unpaired) electrons. The molecule has 4 heteroatoms. The van der Waals surface area contributed by atoms with E-state index >= 15 is 0 Å². The third-order valence-electron chi connectivity index (χ3n) is 1.90. The van der Waals surface area contributed by atoms with Crippen molar-refractivity contribution in [3.8, 4) is 6.07 Å². The Hall–Kier alpha value is -0.630. The Kier molecular flexibility index (Phi) is 5.50. The highest BCUT2D eigenvalue weighted by molar-refractivity contribution is 4.70. The third-order valence-corrected chi connectivity index (χ3v) is 1.90. The third kappa shape index (κ3) is 4.83. The fourth-order valence-electron chi connectivity index (χ4n) is 1.21. The van der Waals surface area contributed by atoms with Gasteiger partial charge in [0.15, 0.2) is 0 Å². The van der Waals surface area contributed by atoms with Gasteiger partial charge in [-0.3, -0.25) is 0 Å². The van der Waals surface area contributed by atoms with Crippen molar-refractivity contribution >= 4 is 0 Å². The number of nitrogens with zero attached hydrogens (tertiary/aromatic N) is 1. The minimum Gasteiger partial charge on any atom is -0.376 e. The summed E-state index contributed by atoms with van der Waals surface area (Å²) in [7, 11) is 0. The van der Waals surface area contributed by atoms with Gasteiger partial charge in [-0.2, -0.15) is 5.26 Å². The van der Waals surface area contributed by atoms with Crippen LogP contribution >= 0.6 is 0 Å². The second-order valence-electron chi connectivity index (χ2n) is 3.03. The molecular weight excluding hydrogens is 168 g/mol. The zero-order valence-electron chi connectivity index (χ0n) is 7.79. The molecule has 1 unspecified atom stereocenters. The first kappa shape index (κ1) is 10.5. The zero-order valence-corrected chi connectivity index (χ0v) is 7.79. The van der Waals surface area contributed by atoms with Crippen molar-refractivity contribution in [2.75, 3.05) is 32.9 Å². The molecule has 0 spiro atoms. The average molecular weight is 184 g/mol. The number of nitrogens with one attached hydrogen (secondary N) is 1. The molecule has 1 atom stereocenters. The van der Waals surface area contributed by atoms with Gasteiger partial charge in [-0.05, 0) is 13.0 Å². The number of nitriles is 1. The summed E-state index contributed by atoms with van der Waals surface area (Å²) in [5, 5.41) is 11.5. The quantitative estimate of drug-likeness (QED) is 0.624. The fraction of sp³-hybridized carbons (Fsp3) is 0.889. The highest BCUT2D eigenvalue weighted by atomic mass is 16.6. The van der Waals surface area contributed by atoms with Crippen LogP contribution in [0.15, 0.2) is 0 Å². The molecule has 1 aliphatic rings. The SMILES string of the molecule is N#CCCCNCC1COCCO1. The van der Waals surface area contributed by atoms with E-state index in [1.165, 1.54) is 0 Å². The minimum absolute atomic E-state index is 0.191. The van der Waals surface area contributed by atoms with Crippen molar-refractivity contribution in [1.29, 1.82) is 5.26 Å². The number of hydrogen-bond acceptors (Lipinski definition) is 4. The van der Waals surface area contributed by atoms with Crippen molar-refractivity contribution in [1.82, 2.24) is 5.32 Å². The maximum absolute atomic E-state index is 8.29. The van der Waals surface area contributed by atoms with Crippen molar-refractivity contribution in [3.63, 3.8) is 0 Å². The Bertz CT molecular complexity index is 161. The summed E-state index contributed by atoms with van der Waals surface area (Å²) in [6, 6.07) is 2.11. The van der Waals surface area contributed by atoms with Gasteiger partial charge in [-0.15, -0.1) is 0 Å². The molecule has 74 valence electrons. The van der Waals surface area contributed by atoms with Crippen LogP contribution in [0.1, 0.15) is 12.8 Å². The molecule has 0 aromatic rings. The van der Waals surface area contributed by atoms with E-state index in [9.17, 15) is 0 Å². The first-order chi connectivity index (χ1) is 6.43. The lowest BCUT2D eigenvalue weighted by Gasteiger charge is -2.23. The van der Waals surface area contributed by atoms with Gasteiger partial charge in [0, 0.05) is 13.0 Å². The van der Waals surface area contributed by atoms with Crippen LogP contribution in [0.4, 0.5) is 0 Å². The van der Waals surface area contributed by atoms with Gasteiger partial charge < -0.3 is 14.8 Å². The van der Waals surface area contributed by atoms with Gasteiger partial charge >= 0.3 is 0 Å². The molecule has 1 saturated heterocycles. The molecule has 1 aliphatic heterocycles. The number of ether oxygens (including phenoxy) is 2. The molecule has 0 aromatic heterocycles. The highest BCUT2D eigenvalue weighted by Gasteiger charge is 2.12. The summed E-state index contributed by atoms with van der Waals surface area (Å²) in [6.07, 6.45) is 1.72. The van der Waals surface area contributed by atoms with Gasteiger partial charge in [-0.1, -0.05) is 0 Å². The largest absolute Gasteiger partial charge is 0.376 e. The monoisotopic (exact) mass is 184 g/mol. The predicted octanol–water partition coefficient (Wildman–Crippen LogP) is 0.295. The molecule has 0 saturated carbocycles. The number of unbranched alkanes of at least 4 members (excludes halogenated alkanes) is 1. The second kappa shape index (κ2) is 6.84. The molecule has 0 bridgehead atoms.